The van der Waals surface area contributed by atoms with Gasteiger partial charge in [0, 0.05) is 12.6 Å². The molecule has 0 bridgehead atoms. The summed E-state index contributed by atoms with van der Waals surface area (Å²) >= 11 is 0. The Morgan fingerprint density at radius 1 is 1.25 bits per heavy atom. The van der Waals surface area contributed by atoms with Crippen LogP contribution in [0.4, 0.5) is 4.39 Å². The van der Waals surface area contributed by atoms with E-state index < -0.39 is 10.0 Å². The minimum Gasteiger partial charge on any atom is -0.207 e. The first kappa shape index (κ1) is 15.4. The first-order valence-corrected chi connectivity index (χ1v) is 8.47. The topological polar surface area (TPSA) is 37.4 Å². The number of sulfonamides is 1. The summed E-state index contributed by atoms with van der Waals surface area (Å²) in [5, 5.41) is 0. The van der Waals surface area contributed by atoms with Crippen LogP contribution in [0, 0.1) is 25.6 Å². The third-order valence-corrected chi connectivity index (χ3v) is 6.24. The van der Waals surface area contributed by atoms with Gasteiger partial charge in [-0.3, -0.25) is 0 Å². The number of hydrogen-bond acceptors (Lipinski definition) is 2. The number of hydrogen-bond donors (Lipinski definition) is 0. The lowest BCUT2D eigenvalue weighted by molar-refractivity contribution is 0.315. The number of benzene rings is 1. The molecule has 1 aromatic rings. The van der Waals surface area contributed by atoms with Crippen LogP contribution in [0.15, 0.2) is 17.0 Å². The Hall–Kier alpha value is -0.940. The second-order valence-corrected chi connectivity index (χ2v) is 7.77. The van der Waals surface area contributed by atoms with Crippen molar-refractivity contribution >= 4 is 10.0 Å². The minimum absolute atomic E-state index is 0.0452. The van der Waals surface area contributed by atoms with Gasteiger partial charge in [-0.2, -0.15) is 4.31 Å². The fourth-order valence-corrected chi connectivity index (χ4v) is 5.39. The SMILES string of the molecule is Cc1cc(F)cc(C)c1S(=O)(=O)N1CCCC1C(C)C. The highest BCUT2D eigenvalue weighted by Gasteiger charge is 2.38. The fraction of sp³-hybridized carbons (Fsp3) is 0.600. The van der Waals surface area contributed by atoms with E-state index in [9.17, 15) is 12.8 Å². The highest BCUT2D eigenvalue weighted by atomic mass is 32.2. The maximum Gasteiger partial charge on any atom is 0.243 e. The van der Waals surface area contributed by atoms with Gasteiger partial charge < -0.3 is 0 Å². The van der Waals surface area contributed by atoms with Gasteiger partial charge in [0.15, 0.2) is 0 Å². The maximum atomic E-state index is 13.4. The van der Waals surface area contributed by atoms with Crippen LogP contribution >= 0.6 is 0 Å². The van der Waals surface area contributed by atoms with Gasteiger partial charge in [-0.15, -0.1) is 0 Å². The van der Waals surface area contributed by atoms with Gasteiger partial charge in [0.05, 0.1) is 4.90 Å². The van der Waals surface area contributed by atoms with Crippen LogP contribution in [-0.4, -0.2) is 25.3 Å². The number of nitrogens with zero attached hydrogens (tertiary/aromatic N) is 1. The van der Waals surface area contributed by atoms with Crippen LogP contribution in [0.25, 0.3) is 0 Å². The molecule has 112 valence electrons. The second kappa shape index (κ2) is 5.45. The smallest absolute Gasteiger partial charge is 0.207 e. The van der Waals surface area contributed by atoms with E-state index in [0.717, 1.165) is 12.8 Å². The quantitative estimate of drug-likeness (QED) is 0.859. The third kappa shape index (κ3) is 2.61. The van der Waals surface area contributed by atoms with Crippen molar-refractivity contribution in [2.45, 2.75) is 51.5 Å². The van der Waals surface area contributed by atoms with Crippen LogP contribution in [-0.2, 0) is 10.0 Å². The molecule has 1 atom stereocenters. The van der Waals surface area contributed by atoms with Crippen molar-refractivity contribution in [1.82, 2.24) is 4.31 Å². The van der Waals surface area contributed by atoms with E-state index in [0.29, 0.717) is 17.7 Å². The maximum absolute atomic E-state index is 13.4. The molecule has 2 rings (SSSR count). The van der Waals surface area contributed by atoms with E-state index >= 15 is 0 Å². The highest BCUT2D eigenvalue weighted by Crippen LogP contribution is 2.32. The number of rotatable bonds is 3. The lowest BCUT2D eigenvalue weighted by atomic mass is 10.0. The van der Waals surface area contributed by atoms with Crippen molar-refractivity contribution in [3.05, 3.63) is 29.1 Å². The third-order valence-electron chi connectivity index (χ3n) is 4.01. The monoisotopic (exact) mass is 299 g/mol. The summed E-state index contributed by atoms with van der Waals surface area (Å²) in [5.74, 6) is -0.103. The molecule has 0 aromatic heterocycles. The lowest BCUT2D eigenvalue weighted by Gasteiger charge is -2.28. The second-order valence-electron chi connectivity index (χ2n) is 5.94. The van der Waals surface area contributed by atoms with E-state index in [1.807, 2.05) is 13.8 Å². The Morgan fingerprint density at radius 3 is 2.30 bits per heavy atom. The zero-order valence-electron chi connectivity index (χ0n) is 12.5. The molecular formula is C15H22FNO2S. The predicted molar refractivity (Wildman–Crippen MR) is 77.6 cm³/mol. The van der Waals surface area contributed by atoms with E-state index in [4.69, 9.17) is 0 Å². The van der Waals surface area contributed by atoms with Crippen molar-refractivity contribution in [2.75, 3.05) is 6.54 Å². The molecule has 0 radical (unpaired) electrons. The standard InChI is InChI=1S/C15H22FNO2S/c1-10(2)14-6-5-7-17(14)20(18,19)15-11(3)8-13(16)9-12(15)4/h8-10,14H,5-7H2,1-4H3. The van der Waals surface area contributed by atoms with Gasteiger partial charge in [0.2, 0.25) is 10.0 Å². The van der Waals surface area contributed by atoms with Crippen molar-refractivity contribution < 1.29 is 12.8 Å². The summed E-state index contributed by atoms with van der Waals surface area (Å²) < 4.78 is 40.8. The molecule has 1 unspecified atom stereocenters. The average Bonchev–Trinajstić information content (AvgIpc) is 2.75. The number of aryl methyl sites for hydroxylation is 2. The molecule has 1 heterocycles. The van der Waals surface area contributed by atoms with Crippen molar-refractivity contribution in [1.29, 1.82) is 0 Å². The summed E-state index contributed by atoms with van der Waals surface area (Å²) in [7, 11) is -3.54. The predicted octanol–water partition coefficient (Wildman–Crippen LogP) is 3.25. The van der Waals surface area contributed by atoms with Gasteiger partial charge in [0.1, 0.15) is 5.82 Å². The first-order chi connectivity index (χ1) is 9.25. The Labute approximate surface area is 120 Å². The van der Waals surface area contributed by atoms with Crippen molar-refractivity contribution in [3.8, 4) is 0 Å². The molecule has 1 saturated heterocycles. The van der Waals surface area contributed by atoms with Crippen molar-refractivity contribution in [3.63, 3.8) is 0 Å². The van der Waals surface area contributed by atoms with Crippen molar-refractivity contribution in [2.24, 2.45) is 5.92 Å². The Morgan fingerprint density at radius 2 is 1.80 bits per heavy atom. The number of halogens is 1. The molecule has 3 nitrogen and oxygen atoms in total. The van der Waals surface area contributed by atoms with Crippen LogP contribution in [0.2, 0.25) is 0 Å². The van der Waals surface area contributed by atoms with Gasteiger partial charge in [0.25, 0.3) is 0 Å². The summed E-state index contributed by atoms with van der Waals surface area (Å²) in [4.78, 5) is 0.270. The summed E-state index contributed by atoms with van der Waals surface area (Å²) in [6, 6.07) is 2.63. The minimum atomic E-state index is -3.54. The Bertz CT molecular complexity index is 587. The van der Waals surface area contributed by atoms with Crippen LogP contribution in [0.1, 0.15) is 37.8 Å². The normalized spacial score (nSPS) is 20.8. The summed E-state index contributed by atoms with van der Waals surface area (Å²) in [6.45, 7) is 7.96. The van der Waals surface area contributed by atoms with Gasteiger partial charge in [-0.1, -0.05) is 13.8 Å². The lowest BCUT2D eigenvalue weighted by Crippen LogP contribution is -2.39. The highest BCUT2D eigenvalue weighted by molar-refractivity contribution is 7.89. The largest absolute Gasteiger partial charge is 0.243 e. The average molecular weight is 299 g/mol. The van der Waals surface area contributed by atoms with Gasteiger partial charge in [-0.05, 0) is 55.9 Å². The molecule has 1 aliphatic heterocycles. The fourth-order valence-electron chi connectivity index (χ4n) is 3.15. The molecule has 20 heavy (non-hydrogen) atoms. The van der Waals surface area contributed by atoms with E-state index in [1.54, 1.807) is 18.2 Å². The zero-order valence-corrected chi connectivity index (χ0v) is 13.3. The first-order valence-electron chi connectivity index (χ1n) is 7.03. The Balaban J connectivity index is 2.51. The molecule has 0 N–H and O–H groups in total. The van der Waals surface area contributed by atoms with Crippen LogP contribution < -0.4 is 0 Å². The molecule has 5 heteroatoms. The summed E-state index contributed by atoms with van der Waals surface area (Å²) in [6.07, 6.45) is 1.79. The molecule has 0 aliphatic carbocycles. The molecule has 1 fully saturated rings. The molecule has 0 amide bonds. The van der Waals surface area contributed by atoms with E-state index in [-0.39, 0.29) is 22.7 Å². The van der Waals surface area contributed by atoms with Crippen LogP contribution in [0.5, 0.6) is 0 Å². The van der Waals surface area contributed by atoms with Crippen LogP contribution in [0.3, 0.4) is 0 Å². The summed E-state index contributed by atoms with van der Waals surface area (Å²) in [5.41, 5.74) is 0.966. The van der Waals surface area contributed by atoms with Gasteiger partial charge in [-0.25, -0.2) is 12.8 Å². The molecule has 1 aliphatic rings. The Kier molecular flexibility index (Phi) is 4.21. The molecular weight excluding hydrogens is 277 g/mol. The van der Waals surface area contributed by atoms with E-state index in [2.05, 4.69) is 0 Å². The zero-order chi connectivity index (χ0) is 15.1. The molecule has 0 saturated carbocycles. The molecule has 1 aromatic carbocycles. The molecule has 0 spiro atoms. The van der Waals surface area contributed by atoms with Gasteiger partial charge >= 0.3 is 0 Å². The van der Waals surface area contributed by atoms with E-state index in [1.165, 1.54) is 12.1 Å².